The van der Waals surface area contributed by atoms with E-state index < -0.39 is 6.04 Å². The zero-order valence-electron chi connectivity index (χ0n) is 15.8. The van der Waals surface area contributed by atoms with E-state index >= 15 is 0 Å². The molecule has 2 heterocycles. The Morgan fingerprint density at radius 1 is 1.00 bits per heavy atom. The minimum absolute atomic E-state index is 0.132. The highest BCUT2D eigenvalue weighted by atomic mass is 16.5. The van der Waals surface area contributed by atoms with E-state index in [0.717, 1.165) is 22.6 Å². The molecule has 0 aliphatic carbocycles. The minimum Gasteiger partial charge on any atom is -0.497 e. The Hall–Kier alpha value is -3.93. The van der Waals surface area contributed by atoms with Gasteiger partial charge in [-0.2, -0.15) is 0 Å². The Morgan fingerprint density at radius 2 is 1.76 bits per heavy atom. The summed E-state index contributed by atoms with van der Waals surface area (Å²) in [6.45, 7) is 0. The van der Waals surface area contributed by atoms with Crippen LogP contribution in [0, 0.1) is 0 Å². The molecule has 0 bridgehead atoms. The highest BCUT2D eigenvalue weighted by molar-refractivity contribution is 5.92. The number of methoxy groups -OCH3 is 1. The van der Waals surface area contributed by atoms with Crippen molar-refractivity contribution < 1.29 is 14.1 Å². The number of benzene rings is 2. The number of hydrogen-bond donors (Lipinski definition) is 1. The summed E-state index contributed by atoms with van der Waals surface area (Å²) >= 11 is 0. The molecule has 1 amide bonds. The van der Waals surface area contributed by atoms with Gasteiger partial charge in [0.25, 0.3) is 5.91 Å². The summed E-state index contributed by atoms with van der Waals surface area (Å²) in [5.41, 5.74) is 3.07. The van der Waals surface area contributed by atoms with E-state index in [1.165, 1.54) is 0 Å². The predicted molar refractivity (Wildman–Crippen MR) is 108 cm³/mol. The monoisotopic (exact) mass is 385 g/mol. The molecule has 0 aliphatic rings. The number of carbonyl (C=O) groups is 1. The zero-order chi connectivity index (χ0) is 20.1. The first kappa shape index (κ1) is 18.4. The zero-order valence-corrected chi connectivity index (χ0v) is 15.8. The van der Waals surface area contributed by atoms with Crippen LogP contribution in [0.5, 0.6) is 5.75 Å². The lowest BCUT2D eigenvalue weighted by Crippen LogP contribution is -2.29. The lowest BCUT2D eigenvalue weighted by molar-refractivity contribution is 0.0905. The van der Waals surface area contributed by atoms with Crippen molar-refractivity contribution in [1.82, 2.24) is 15.5 Å². The molecule has 0 aliphatic heterocycles. The number of nitrogens with one attached hydrogen (secondary N) is 1. The number of rotatable bonds is 6. The lowest BCUT2D eigenvalue weighted by Gasteiger charge is -2.18. The van der Waals surface area contributed by atoms with Crippen LogP contribution in [-0.4, -0.2) is 23.2 Å². The first-order chi connectivity index (χ1) is 14.2. The highest BCUT2D eigenvalue weighted by Gasteiger charge is 2.21. The molecule has 4 rings (SSSR count). The number of aromatic nitrogens is 2. The van der Waals surface area contributed by atoms with Crippen LogP contribution in [0.25, 0.3) is 11.3 Å². The molecule has 0 fully saturated rings. The second-order valence-corrected chi connectivity index (χ2v) is 6.38. The number of amides is 1. The Labute approximate surface area is 168 Å². The van der Waals surface area contributed by atoms with Gasteiger partial charge in [-0.25, -0.2) is 0 Å². The van der Waals surface area contributed by atoms with Gasteiger partial charge in [0.2, 0.25) is 5.76 Å². The van der Waals surface area contributed by atoms with Crippen LogP contribution in [0.4, 0.5) is 0 Å². The van der Waals surface area contributed by atoms with Gasteiger partial charge in [-0.1, -0.05) is 41.6 Å². The maximum Gasteiger partial charge on any atom is 0.290 e. The normalized spacial score (nSPS) is 11.6. The summed E-state index contributed by atoms with van der Waals surface area (Å²) in [7, 11) is 1.61. The number of nitrogens with zero attached hydrogens (tertiary/aromatic N) is 2. The first-order valence-electron chi connectivity index (χ1n) is 9.12. The second-order valence-electron chi connectivity index (χ2n) is 6.38. The summed E-state index contributed by atoms with van der Waals surface area (Å²) in [5.74, 6) is 0.515. The topological polar surface area (TPSA) is 77.2 Å². The Balaban J connectivity index is 1.57. The van der Waals surface area contributed by atoms with Crippen molar-refractivity contribution in [2.24, 2.45) is 0 Å². The van der Waals surface area contributed by atoms with Crippen molar-refractivity contribution in [3.8, 4) is 17.0 Å². The lowest BCUT2D eigenvalue weighted by atomic mass is 10.0. The SMILES string of the molecule is COc1ccc(-c2cc(C(=O)N[C@H](c3ccccc3)c3ccccn3)on2)cc1. The van der Waals surface area contributed by atoms with Gasteiger partial charge in [-0.05, 0) is 42.0 Å². The average Bonchev–Trinajstić information content (AvgIpc) is 3.29. The molecule has 4 aromatic rings. The van der Waals surface area contributed by atoms with Gasteiger partial charge in [-0.15, -0.1) is 0 Å². The molecule has 0 spiro atoms. The highest BCUT2D eigenvalue weighted by Crippen LogP contribution is 2.24. The maximum absolute atomic E-state index is 12.9. The van der Waals surface area contributed by atoms with Crippen LogP contribution in [-0.2, 0) is 0 Å². The Bertz CT molecular complexity index is 1040. The quantitative estimate of drug-likeness (QED) is 0.536. The summed E-state index contributed by atoms with van der Waals surface area (Å²) < 4.78 is 10.5. The number of carbonyl (C=O) groups excluding carboxylic acids is 1. The maximum atomic E-state index is 12.9. The van der Waals surface area contributed by atoms with E-state index in [4.69, 9.17) is 9.26 Å². The molecule has 6 nitrogen and oxygen atoms in total. The van der Waals surface area contributed by atoms with Gasteiger partial charge in [0, 0.05) is 17.8 Å². The van der Waals surface area contributed by atoms with Crippen molar-refractivity contribution in [3.63, 3.8) is 0 Å². The van der Waals surface area contributed by atoms with Crippen LogP contribution in [0.2, 0.25) is 0 Å². The van der Waals surface area contributed by atoms with Gasteiger partial charge in [0.1, 0.15) is 11.4 Å². The summed E-state index contributed by atoms with van der Waals surface area (Å²) in [6, 6.07) is 23.9. The molecule has 2 aromatic heterocycles. The van der Waals surface area contributed by atoms with Gasteiger partial charge >= 0.3 is 0 Å². The molecule has 1 N–H and O–H groups in total. The van der Waals surface area contributed by atoms with Gasteiger partial charge in [0.15, 0.2) is 0 Å². The molecule has 0 saturated heterocycles. The van der Waals surface area contributed by atoms with E-state index in [1.807, 2.05) is 72.8 Å². The fourth-order valence-electron chi connectivity index (χ4n) is 3.00. The fourth-order valence-corrected chi connectivity index (χ4v) is 3.00. The standard InChI is InChI=1S/C23H19N3O3/c1-28-18-12-10-16(11-13-18)20-15-21(29-26-20)23(27)25-22(17-7-3-2-4-8-17)19-9-5-6-14-24-19/h2-15,22H,1H3,(H,25,27)/t22-/m1/s1. The third kappa shape index (κ3) is 4.16. The molecular formula is C23H19N3O3. The van der Waals surface area contributed by atoms with Gasteiger partial charge in [0.05, 0.1) is 18.8 Å². The molecule has 0 unspecified atom stereocenters. The number of hydrogen-bond acceptors (Lipinski definition) is 5. The smallest absolute Gasteiger partial charge is 0.290 e. The van der Waals surface area contributed by atoms with Crippen LogP contribution in [0.1, 0.15) is 27.9 Å². The van der Waals surface area contributed by atoms with E-state index in [-0.39, 0.29) is 11.7 Å². The van der Waals surface area contributed by atoms with Crippen molar-refractivity contribution in [2.75, 3.05) is 7.11 Å². The fraction of sp³-hybridized carbons (Fsp3) is 0.0870. The molecule has 1 atom stereocenters. The Kier molecular flexibility index (Phi) is 5.33. The second kappa shape index (κ2) is 8.39. The van der Waals surface area contributed by atoms with Crippen LogP contribution >= 0.6 is 0 Å². The van der Waals surface area contributed by atoms with Crippen molar-refractivity contribution >= 4 is 5.91 Å². The Morgan fingerprint density at radius 3 is 2.45 bits per heavy atom. The van der Waals surface area contributed by atoms with Crippen molar-refractivity contribution in [1.29, 1.82) is 0 Å². The van der Waals surface area contributed by atoms with Crippen LogP contribution in [0.15, 0.2) is 89.6 Å². The molecule has 6 heteroatoms. The number of ether oxygens (including phenoxy) is 1. The van der Waals surface area contributed by atoms with Gasteiger partial charge < -0.3 is 14.6 Å². The van der Waals surface area contributed by atoms with Crippen LogP contribution < -0.4 is 10.1 Å². The first-order valence-corrected chi connectivity index (χ1v) is 9.12. The van der Waals surface area contributed by atoms with Crippen molar-refractivity contribution in [3.05, 3.63) is 102 Å². The van der Waals surface area contributed by atoms with Crippen molar-refractivity contribution in [2.45, 2.75) is 6.04 Å². The van der Waals surface area contributed by atoms with E-state index in [0.29, 0.717) is 5.69 Å². The van der Waals surface area contributed by atoms with E-state index in [9.17, 15) is 4.79 Å². The summed E-state index contributed by atoms with van der Waals surface area (Å²) in [5, 5.41) is 7.02. The molecular weight excluding hydrogens is 366 g/mol. The molecule has 0 saturated carbocycles. The molecule has 2 aromatic carbocycles. The summed E-state index contributed by atoms with van der Waals surface area (Å²) in [6.07, 6.45) is 1.70. The third-order valence-electron chi connectivity index (χ3n) is 4.51. The largest absolute Gasteiger partial charge is 0.497 e. The van der Waals surface area contributed by atoms with Gasteiger partial charge in [-0.3, -0.25) is 9.78 Å². The predicted octanol–water partition coefficient (Wildman–Crippen LogP) is 4.26. The number of pyridine rings is 1. The average molecular weight is 385 g/mol. The minimum atomic E-state index is -0.403. The van der Waals surface area contributed by atoms with E-state index in [2.05, 4.69) is 15.5 Å². The molecule has 0 radical (unpaired) electrons. The van der Waals surface area contributed by atoms with E-state index in [1.54, 1.807) is 19.4 Å². The third-order valence-corrected chi connectivity index (χ3v) is 4.51. The summed E-state index contributed by atoms with van der Waals surface area (Å²) in [4.78, 5) is 17.3. The molecule has 29 heavy (non-hydrogen) atoms. The van der Waals surface area contributed by atoms with Crippen LogP contribution in [0.3, 0.4) is 0 Å². The molecule has 144 valence electrons.